The predicted molar refractivity (Wildman–Crippen MR) is 75.4 cm³/mol. The van der Waals surface area contributed by atoms with Crippen LogP contribution in [0, 0.1) is 6.92 Å². The van der Waals surface area contributed by atoms with Gasteiger partial charge in [-0.25, -0.2) is 18.5 Å². The number of rotatable bonds is 2. The number of nitrogens with two attached hydrogens (primary N) is 1. The predicted octanol–water partition coefficient (Wildman–Crippen LogP) is 1.58. The fraction of sp³-hybridized carbons (Fsp3) is 0.0769. The fourth-order valence-electron chi connectivity index (χ4n) is 2.09. The molecule has 3 aromatic rings. The third kappa shape index (κ3) is 2.17. The number of fused-ring (bicyclic) bond motifs is 1. The molecule has 3 N–H and O–H groups in total. The number of aromatic amines is 1. The molecule has 102 valence electrons. The third-order valence-corrected chi connectivity index (χ3v) is 3.91. The van der Waals surface area contributed by atoms with E-state index in [1.807, 2.05) is 19.1 Å². The van der Waals surface area contributed by atoms with Crippen molar-refractivity contribution in [3.63, 3.8) is 0 Å². The molecule has 0 radical (unpaired) electrons. The molecule has 20 heavy (non-hydrogen) atoms. The van der Waals surface area contributed by atoms with Crippen molar-refractivity contribution in [3.8, 4) is 11.3 Å². The Bertz CT molecular complexity index is 882. The minimum absolute atomic E-state index is 0.00296. The van der Waals surface area contributed by atoms with Gasteiger partial charge in [-0.1, -0.05) is 0 Å². The van der Waals surface area contributed by atoms with Crippen LogP contribution >= 0.6 is 0 Å². The molecule has 0 bridgehead atoms. The van der Waals surface area contributed by atoms with Crippen molar-refractivity contribution in [3.05, 3.63) is 42.4 Å². The van der Waals surface area contributed by atoms with Crippen molar-refractivity contribution in [2.45, 2.75) is 11.8 Å². The van der Waals surface area contributed by atoms with E-state index in [1.54, 1.807) is 12.3 Å². The zero-order valence-electron chi connectivity index (χ0n) is 10.7. The van der Waals surface area contributed by atoms with E-state index in [0.717, 1.165) is 22.3 Å². The van der Waals surface area contributed by atoms with Crippen molar-refractivity contribution in [1.82, 2.24) is 15.0 Å². The largest absolute Gasteiger partial charge is 0.344 e. The first kappa shape index (κ1) is 12.8. The number of hydrogen-bond donors (Lipinski definition) is 2. The van der Waals surface area contributed by atoms with Gasteiger partial charge in [0, 0.05) is 29.0 Å². The Balaban J connectivity index is 2.16. The van der Waals surface area contributed by atoms with E-state index in [2.05, 4.69) is 15.0 Å². The molecule has 7 heteroatoms. The van der Waals surface area contributed by atoms with Crippen LogP contribution in [-0.4, -0.2) is 23.4 Å². The SMILES string of the molecule is Cc1cc2c(-c3ccc(S(N)(=O)=O)cn3)ccnc2[nH]1. The van der Waals surface area contributed by atoms with Crippen molar-refractivity contribution < 1.29 is 8.42 Å². The van der Waals surface area contributed by atoms with Crippen LogP contribution in [0.2, 0.25) is 0 Å². The molecule has 0 saturated carbocycles. The molecule has 0 saturated heterocycles. The maximum atomic E-state index is 11.2. The summed E-state index contributed by atoms with van der Waals surface area (Å²) in [6.45, 7) is 1.95. The number of H-pyrrole nitrogens is 1. The van der Waals surface area contributed by atoms with Crippen LogP contribution in [0.15, 0.2) is 41.6 Å². The van der Waals surface area contributed by atoms with E-state index in [-0.39, 0.29) is 4.90 Å². The van der Waals surface area contributed by atoms with Crippen LogP contribution in [-0.2, 0) is 10.0 Å². The minimum atomic E-state index is -3.72. The smallest absolute Gasteiger partial charge is 0.239 e. The summed E-state index contributed by atoms with van der Waals surface area (Å²) in [4.78, 5) is 11.6. The van der Waals surface area contributed by atoms with Crippen molar-refractivity contribution >= 4 is 21.1 Å². The van der Waals surface area contributed by atoms with Gasteiger partial charge in [-0.05, 0) is 31.2 Å². The minimum Gasteiger partial charge on any atom is -0.344 e. The van der Waals surface area contributed by atoms with Crippen LogP contribution in [0.5, 0.6) is 0 Å². The van der Waals surface area contributed by atoms with Gasteiger partial charge < -0.3 is 4.98 Å². The molecule has 0 fully saturated rings. The Labute approximate surface area is 115 Å². The molecule has 0 aliphatic heterocycles. The van der Waals surface area contributed by atoms with Gasteiger partial charge in [-0.2, -0.15) is 0 Å². The van der Waals surface area contributed by atoms with Gasteiger partial charge in [0.15, 0.2) is 0 Å². The number of aryl methyl sites for hydroxylation is 1. The standard InChI is InChI=1S/C13H12N4O2S/c1-8-6-11-10(4-5-15-13(11)17-8)12-3-2-9(7-16-12)20(14,18)19/h2-7H,1H3,(H,15,17)(H2,14,18,19). The Hall–Kier alpha value is -2.25. The lowest BCUT2D eigenvalue weighted by molar-refractivity contribution is 0.597. The fourth-order valence-corrected chi connectivity index (χ4v) is 2.55. The Morgan fingerprint density at radius 2 is 2.00 bits per heavy atom. The summed E-state index contributed by atoms with van der Waals surface area (Å²) in [6, 6.07) is 6.90. The van der Waals surface area contributed by atoms with Crippen LogP contribution < -0.4 is 5.14 Å². The first-order valence-electron chi connectivity index (χ1n) is 5.89. The maximum absolute atomic E-state index is 11.2. The van der Waals surface area contributed by atoms with Crippen LogP contribution in [0.25, 0.3) is 22.3 Å². The average Bonchev–Trinajstić information content (AvgIpc) is 2.78. The third-order valence-electron chi connectivity index (χ3n) is 3.01. The van der Waals surface area contributed by atoms with Gasteiger partial charge in [-0.3, -0.25) is 4.98 Å². The highest BCUT2D eigenvalue weighted by Gasteiger charge is 2.11. The number of primary sulfonamides is 1. The molecule has 3 heterocycles. The normalized spacial score (nSPS) is 11.9. The van der Waals surface area contributed by atoms with Gasteiger partial charge in [0.25, 0.3) is 0 Å². The van der Waals surface area contributed by atoms with Crippen LogP contribution in [0.1, 0.15) is 5.69 Å². The second-order valence-corrected chi connectivity index (χ2v) is 6.06. The number of aromatic nitrogens is 3. The van der Waals surface area contributed by atoms with Gasteiger partial charge in [-0.15, -0.1) is 0 Å². The Morgan fingerprint density at radius 1 is 1.20 bits per heavy atom. The van der Waals surface area contributed by atoms with Crippen molar-refractivity contribution in [2.75, 3.05) is 0 Å². The summed E-state index contributed by atoms with van der Waals surface area (Å²) in [5.41, 5.74) is 3.34. The molecule has 0 aliphatic rings. The van der Waals surface area contributed by atoms with E-state index in [1.165, 1.54) is 12.3 Å². The lowest BCUT2D eigenvalue weighted by Gasteiger charge is -2.03. The van der Waals surface area contributed by atoms with E-state index in [9.17, 15) is 8.42 Å². The molecule has 0 aromatic carbocycles. The number of hydrogen-bond acceptors (Lipinski definition) is 4. The highest BCUT2D eigenvalue weighted by Crippen LogP contribution is 2.26. The summed E-state index contributed by atoms with van der Waals surface area (Å²) in [5.74, 6) is 0. The highest BCUT2D eigenvalue weighted by molar-refractivity contribution is 7.89. The van der Waals surface area contributed by atoms with Gasteiger partial charge in [0.2, 0.25) is 10.0 Å². The molecular weight excluding hydrogens is 276 g/mol. The lowest BCUT2D eigenvalue weighted by atomic mass is 10.1. The Morgan fingerprint density at radius 3 is 2.65 bits per heavy atom. The van der Waals surface area contributed by atoms with Gasteiger partial charge >= 0.3 is 0 Å². The number of nitrogens with zero attached hydrogens (tertiary/aromatic N) is 2. The van der Waals surface area contributed by atoms with Crippen LogP contribution in [0.3, 0.4) is 0 Å². The van der Waals surface area contributed by atoms with E-state index >= 15 is 0 Å². The molecule has 0 atom stereocenters. The lowest BCUT2D eigenvalue weighted by Crippen LogP contribution is -2.12. The summed E-state index contributed by atoms with van der Waals surface area (Å²) in [7, 11) is -3.72. The summed E-state index contributed by atoms with van der Waals surface area (Å²) >= 11 is 0. The molecule has 0 unspecified atom stereocenters. The zero-order valence-corrected chi connectivity index (χ0v) is 11.5. The molecule has 0 spiro atoms. The molecule has 6 nitrogen and oxygen atoms in total. The number of nitrogens with one attached hydrogen (secondary N) is 1. The molecule has 0 amide bonds. The molecule has 3 aromatic heterocycles. The summed E-state index contributed by atoms with van der Waals surface area (Å²) in [6.07, 6.45) is 2.94. The summed E-state index contributed by atoms with van der Waals surface area (Å²) < 4.78 is 22.4. The van der Waals surface area contributed by atoms with E-state index < -0.39 is 10.0 Å². The molecule has 3 rings (SSSR count). The van der Waals surface area contributed by atoms with E-state index in [0.29, 0.717) is 5.69 Å². The quantitative estimate of drug-likeness (QED) is 0.747. The van der Waals surface area contributed by atoms with Gasteiger partial charge in [0.05, 0.1) is 5.69 Å². The van der Waals surface area contributed by atoms with E-state index in [4.69, 9.17) is 5.14 Å². The van der Waals surface area contributed by atoms with Crippen LogP contribution in [0.4, 0.5) is 0 Å². The maximum Gasteiger partial charge on any atom is 0.239 e. The van der Waals surface area contributed by atoms with Crippen molar-refractivity contribution in [2.24, 2.45) is 5.14 Å². The second kappa shape index (κ2) is 4.39. The summed E-state index contributed by atoms with van der Waals surface area (Å²) in [5, 5.41) is 6.00. The topological polar surface area (TPSA) is 102 Å². The zero-order chi connectivity index (χ0) is 14.3. The first-order valence-corrected chi connectivity index (χ1v) is 7.43. The monoisotopic (exact) mass is 288 g/mol. The number of pyridine rings is 2. The highest BCUT2D eigenvalue weighted by atomic mass is 32.2. The second-order valence-electron chi connectivity index (χ2n) is 4.50. The molecule has 0 aliphatic carbocycles. The Kier molecular flexibility index (Phi) is 2.81. The van der Waals surface area contributed by atoms with Gasteiger partial charge in [0.1, 0.15) is 10.5 Å². The van der Waals surface area contributed by atoms with Crippen molar-refractivity contribution in [1.29, 1.82) is 0 Å². The average molecular weight is 288 g/mol. The first-order chi connectivity index (χ1) is 9.45. The molecular formula is C13H12N4O2S. The number of sulfonamides is 1.